The van der Waals surface area contributed by atoms with Crippen molar-refractivity contribution in [3.05, 3.63) is 16.3 Å². The molecule has 1 aliphatic heterocycles. The summed E-state index contributed by atoms with van der Waals surface area (Å²) < 4.78 is 24.3. The van der Waals surface area contributed by atoms with E-state index in [2.05, 4.69) is 10.1 Å². The van der Waals surface area contributed by atoms with Crippen LogP contribution in [-0.4, -0.2) is 33.6 Å². The molecule has 0 unspecified atom stereocenters. The molecule has 2 rings (SSSR count). The lowest BCUT2D eigenvalue weighted by molar-refractivity contribution is 0.200. The average molecular weight is 289 g/mol. The monoisotopic (exact) mass is 289 g/mol. The molecule has 0 amide bonds. The lowest BCUT2D eigenvalue weighted by Gasteiger charge is -2.26. The Kier molecular flexibility index (Phi) is 4.74. The Labute approximate surface area is 112 Å². The van der Waals surface area contributed by atoms with Crippen LogP contribution in [-0.2, 0) is 16.6 Å². The minimum absolute atomic E-state index is 0.364. The summed E-state index contributed by atoms with van der Waals surface area (Å²) in [6.45, 7) is 2.30. The Balaban J connectivity index is 2.04. The summed E-state index contributed by atoms with van der Waals surface area (Å²) in [5.74, 6) is 0. The van der Waals surface area contributed by atoms with Gasteiger partial charge in [-0.2, -0.15) is 0 Å². The van der Waals surface area contributed by atoms with Crippen molar-refractivity contribution >= 4 is 21.4 Å². The van der Waals surface area contributed by atoms with Crippen molar-refractivity contribution in [2.75, 3.05) is 20.1 Å². The highest BCUT2D eigenvalue weighted by atomic mass is 32.2. The standard InChI is InChI=1S/C11H19N3O2S2/c1-12-8-10-7-11(9-17-10)18(15,16)13-14-5-3-2-4-6-14/h7,9,12-13H,2-6,8H2,1H3. The zero-order valence-corrected chi connectivity index (χ0v) is 12.1. The summed E-state index contributed by atoms with van der Waals surface area (Å²) in [5.41, 5.74) is 0. The number of rotatable bonds is 5. The highest BCUT2D eigenvalue weighted by molar-refractivity contribution is 7.89. The summed E-state index contributed by atoms with van der Waals surface area (Å²) in [6, 6.07) is 1.73. The lowest BCUT2D eigenvalue weighted by atomic mass is 10.2. The van der Waals surface area contributed by atoms with E-state index in [0.29, 0.717) is 11.4 Å². The molecule has 0 spiro atoms. The summed E-state index contributed by atoms with van der Waals surface area (Å²) in [6.07, 6.45) is 3.29. The molecule has 1 aromatic heterocycles. The summed E-state index contributed by atoms with van der Waals surface area (Å²) in [5, 5.41) is 6.51. The van der Waals surface area contributed by atoms with E-state index in [0.717, 1.165) is 30.8 Å². The van der Waals surface area contributed by atoms with E-state index in [1.165, 1.54) is 17.8 Å². The first-order valence-corrected chi connectivity index (χ1v) is 8.47. The van der Waals surface area contributed by atoms with Crippen molar-refractivity contribution in [3.8, 4) is 0 Å². The zero-order chi connectivity index (χ0) is 13.0. The average Bonchev–Trinajstić information content (AvgIpc) is 2.80. The molecule has 102 valence electrons. The third-order valence-corrected chi connectivity index (χ3v) is 5.34. The molecular weight excluding hydrogens is 270 g/mol. The summed E-state index contributed by atoms with van der Waals surface area (Å²) in [7, 11) is -1.55. The second kappa shape index (κ2) is 6.12. The second-order valence-corrected chi connectivity index (χ2v) is 7.08. The topological polar surface area (TPSA) is 61.4 Å². The maximum Gasteiger partial charge on any atom is 0.254 e. The largest absolute Gasteiger partial charge is 0.315 e. The molecule has 0 bridgehead atoms. The van der Waals surface area contributed by atoms with Crippen molar-refractivity contribution in [2.24, 2.45) is 0 Å². The van der Waals surface area contributed by atoms with Gasteiger partial charge < -0.3 is 5.32 Å². The van der Waals surface area contributed by atoms with Crippen LogP contribution < -0.4 is 10.1 Å². The summed E-state index contributed by atoms with van der Waals surface area (Å²) in [4.78, 5) is 4.05. The fraction of sp³-hybridized carbons (Fsp3) is 0.636. The van der Waals surface area contributed by atoms with Gasteiger partial charge in [-0.25, -0.2) is 13.4 Å². The third kappa shape index (κ3) is 3.52. The maximum absolute atomic E-state index is 12.2. The molecule has 1 saturated heterocycles. The van der Waals surface area contributed by atoms with Crippen LogP contribution in [0.3, 0.4) is 0 Å². The predicted molar refractivity (Wildman–Crippen MR) is 72.8 cm³/mol. The highest BCUT2D eigenvalue weighted by Gasteiger charge is 2.20. The molecule has 1 fully saturated rings. The van der Waals surface area contributed by atoms with Crippen LogP contribution >= 0.6 is 11.3 Å². The van der Waals surface area contributed by atoms with Gasteiger partial charge in [0.15, 0.2) is 0 Å². The van der Waals surface area contributed by atoms with Gasteiger partial charge in [0.05, 0.1) is 4.90 Å². The minimum Gasteiger partial charge on any atom is -0.315 e. The van der Waals surface area contributed by atoms with Crippen LogP contribution in [0.1, 0.15) is 24.1 Å². The van der Waals surface area contributed by atoms with Crippen molar-refractivity contribution in [3.63, 3.8) is 0 Å². The van der Waals surface area contributed by atoms with E-state index < -0.39 is 10.0 Å². The van der Waals surface area contributed by atoms with Crippen molar-refractivity contribution < 1.29 is 8.42 Å². The predicted octanol–water partition coefficient (Wildman–Crippen LogP) is 1.15. The van der Waals surface area contributed by atoms with E-state index in [9.17, 15) is 8.42 Å². The molecule has 1 aromatic rings. The first-order chi connectivity index (χ1) is 8.62. The van der Waals surface area contributed by atoms with Crippen molar-refractivity contribution in [1.29, 1.82) is 0 Å². The number of piperidine rings is 1. The fourth-order valence-electron chi connectivity index (χ4n) is 1.98. The van der Waals surface area contributed by atoms with E-state index >= 15 is 0 Å². The number of nitrogens with zero attached hydrogens (tertiary/aromatic N) is 1. The van der Waals surface area contributed by atoms with Crippen molar-refractivity contribution in [2.45, 2.75) is 30.7 Å². The third-order valence-electron chi connectivity index (χ3n) is 2.90. The van der Waals surface area contributed by atoms with E-state index in [-0.39, 0.29) is 0 Å². The van der Waals surface area contributed by atoms with Crippen LogP contribution in [0.2, 0.25) is 0 Å². The Morgan fingerprint density at radius 2 is 2.06 bits per heavy atom. The number of thiophene rings is 1. The van der Waals surface area contributed by atoms with E-state index in [1.807, 2.05) is 7.05 Å². The van der Waals surface area contributed by atoms with Crippen molar-refractivity contribution in [1.82, 2.24) is 15.2 Å². The molecule has 0 aliphatic carbocycles. The maximum atomic E-state index is 12.2. The van der Waals surface area contributed by atoms with Gasteiger partial charge in [0.25, 0.3) is 10.0 Å². The molecular formula is C11H19N3O2S2. The first-order valence-electron chi connectivity index (χ1n) is 6.11. The van der Waals surface area contributed by atoms with Crippen LogP contribution in [0.4, 0.5) is 0 Å². The summed E-state index contributed by atoms with van der Waals surface area (Å²) >= 11 is 1.46. The van der Waals surface area contributed by atoms with Crippen LogP contribution in [0, 0.1) is 0 Å². The number of sulfonamides is 1. The highest BCUT2D eigenvalue weighted by Crippen LogP contribution is 2.19. The van der Waals surface area contributed by atoms with Crippen LogP contribution in [0.15, 0.2) is 16.3 Å². The molecule has 0 aromatic carbocycles. The molecule has 1 aliphatic rings. The number of hydrazine groups is 1. The van der Waals surface area contributed by atoms with E-state index in [4.69, 9.17) is 0 Å². The molecule has 2 heterocycles. The Morgan fingerprint density at radius 1 is 1.33 bits per heavy atom. The quantitative estimate of drug-likeness (QED) is 0.853. The molecule has 7 heteroatoms. The molecule has 2 N–H and O–H groups in total. The second-order valence-electron chi connectivity index (χ2n) is 4.42. The van der Waals surface area contributed by atoms with Gasteiger partial charge in [-0.05, 0) is 26.0 Å². The SMILES string of the molecule is CNCc1cc(S(=O)(=O)NN2CCCCC2)cs1. The first kappa shape index (κ1) is 14.0. The van der Waals surface area contributed by atoms with Gasteiger partial charge in [0.2, 0.25) is 0 Å². The number of hydrogen-bond donors (Lipinski definition) is 2. The van der Waals surface area contributed by atoms with Gasteiger partial charge in [-0.15, -0.1) is 16.2 Å². The fourth-order valence-corrected chi connectivity index (χ4v) is 4.39. The van der Waals surface area contributed by atoms with Gasteiger partial charge >= 0.3 is 0 Å². The molecule has 0 radical (unpaired) electrons. The molecule has 18 heavy (non-hydrogen) atoms. The Hall–Kier alpha value is -0.470. The smallest absolute Gasteiger partial charge is 0.254 e. The van der Waals surface area contributed by atoms with Gasteiger partial charge in [-0.3, -0.25) is 0 Å². The number of nitrogens with one attached hydrogen (secondary N) is 2. The van der Waals surface area contributed by atoms with E-state index in [1.54, 1.807) is 16.5 Å². The minimum atomic E-state index is -3.40. The zero-order valence-electron chi connectivity index (χ0n) is 10.5. The molecule has 0 saturated carbocycles. The Bertz CT molecular complexity index is 478. The normalized spacial score (nSPS) is 18.1. The van der Waals surface area contributed by atoms with Crippen LogP contribution in [0.25, 0.3) is 0 Å². The molecule has 0 atom stereocenters. The van der Waals surface area contributed by atoms with Gasteiger partial charge in [-0.1, -0.05) is 6.42 Å². The Morgan fingerprint density at radius 3 is 2.72 bits per heavy atom. The lowest BCUT2D eigenvalue weighted by Crippen LogP contribution is -2.44. The van der Waals surface area contributed by atoms with Gasteiger partial charge in [0.1, 0.15) is 0 Å². The molecule has 5 nitrogen and oxygen atoms in total. The van der Waals surface area contributed by atoms with Crippen LogP contribution in [0.5, 0.6) is 0 Å². The number of hydrogen-bond acceptors (Lipinski definition) is 5. The van der Waals surface area contributed by atoms with Gasteiger partial charge in [0, 0.05) is 29.9 Å².